The molecule has 0 unspecified atom stereocenters. The predicted molar refractivity (Wildman–Crippen MR) is 157 cm³/mol. The van der Waals surface area contributed by atoms with Crippen LogP contribution in [0, 0.1) is 0 Å². The Morgan fingerprint density at radius 2 is 1.63 bits per heavy atom. The molecule has 2 aliphatic rings. The van der Waals surface area contributed by atoms with Crippen molar-refractivity contribution in [2.24, 2.45) is 0 Å². The Morgan fingerprint density at radius 1 is 0.976 bits per heavy atom. The summed E-state index contributed by atoms with van der Waals surface area (Å²) in [5.74, 6) is 2.17. The van der Waals surface area contributed by atoms with E-state index in [0.29, 0.717) is 47.6 Å². The molecule has 0 radical (unpaired) electrons. The summed E-state index contributed by atoms with van der Waals surface area (Å²) >= 11 is 0. The fraction of sp³-hybridized carbons (Fsp3) is 0.483. The molecule has 0 aliphatic carbocycles. The van der Waals surface area contributed by atoms with Gasteiger partial charge < -0.3 is 29.3 Å². The van der Waals surface area contributed by atoms with Gasteiger partial charge in [-0.25, -0.2) is 18.2 Å². The first-order valence-corrected chi connectivity index (χ1v) is 15.5. The second-order valence-corrected chi connectivity index (χ2v) is 13.5. The van der Waals surface area contributed by atoms with Crippen LogP contribution in [0.25, 0.3) is 10.9 Å². The van der Waals surface area contributed by atoms with E-state index in [-0.39, 0.29) is 23.1 Å². The molecule has 0 saturated carbocycles. The molecule has 3 aromatic rings. The smallest absolute Gasteiger partial charge is 0.410 e. The van der Waals surface area contributed by atoms with Crippen LogP contribution in [0.2, 0.25) is 0 Å². The molecule has 2 fully saturated rings. The number of aromatic nitrogens is 2. The summed E-state index contributed by atoms with van der Waals surface area (Å²) < 4.78 is 40.7. The van der Waals surface area contributed by atoms with Gasteiger partial charge in [0.2, 0.25) is 5.95 Å². The van der Waals surface area contributed by atoms with Crippen molar-refractivity contribution in [1.29, 1.82) is 0 Å². The molecular weight excluding hydrogens is 546 g/mol. The second-order valence-electron chi connectivity index (χ2n) is 11.5. The van der Waals surface area contributed by atoms with E-state index < -0.39 is 15.4 Å². The van der Waals surface area contributed by atoms with Crippen molar-refractivity contribution < 1.29 is 27.4 Å². The summed E-state index contributed by atoms with van der Waals surface area (Å²) in [5.41, 5.74) is 0.733. The van der Waals surface area contributed by atoms with E-state index in [1.807, 2.05) is 37.8 Å². The summed E-state index contributed by atoms with van der Waals surface area (Å²) in [4.78, 5) is 27.2. The Bertz CT molecular complexity index is 1550. The van der Waals surface area contributed by atoms with Gasteiger partial charge in [0.05, 0.1) is 30.7 Å². The van der Waals surface area contributed by atoms with Crippen LogP contribution in [-0.2, 0) is 14.6 Å². The third kappa shape index (κ3) is 6.12. The number of fused-ring (bicyclic) bond motifs is 3. The fourth-order valence-corrected chi connectivity index (χ4v) is 6.16. The number of sulfone groups is 1. The quantitative estimate of drug-likeness (QED) is 0.434. The monoisotopic (exact) mass is 583 g/mol. The zero-order valence-electron chi connectivity index (χ0n) is 24.3. The highest BCUT2D eigenvalue weighted by Gasteiger charge is 2.42. The molecule has 1 aromatic heterocycles. The maximum absolute atomic E-state index is 13.2. The Hall–Kier alpha value is -3.80. The fourth-order valence-electron chi connectivity index (χ4n) is 5.53. The van der Waals surface area contributed by atoms with E-state index in [1.54, 1.807) is 38.5 Å². The molecule has 2 aromatic carbocycles. The van der Waals surface area contributed by atoms with E-state index in [1.165, 1.54) is 6.26 Å². The van der Waals surface area contributed by atoms with Gasteiger partial charge in [-0.05, 0) is 70.4 Å². The Balaban J connectivity index is 1.53. The van der Waals surface area contributed by atoms with Gasteiger partial charge in [-0.2, -0.15) is 4.98 Å². The number of carbonyl (C=O) groups is 1. The molecule has 11 nitrogen and oxygen atoms in total. The van der Waals surface area contributed by atoms with Crippen molar-refractivity contribution in [1.82, 2.24) is 14.9 Å². The molecule has 2 atom stereocenters. The van der Waals surface area contributed by atoms with Crippen LogP contribution in [0.1, 0.15) is 40.0 Å². The summed E-state index contributed by atoms with van der Waals surface area (Å²) in [7, 11) is -0.152. The molecular formula is C29H37N5O6S. The number of carbonyl (C=O) groups excluding carboxylic acids is 1. The summed E-state index contributed by atoms with van der Waals surface area (Å²) in [5, 5.41) is 4.02. The number of hydrogen-bond acceptors (Lipinski definition) is 10. The zero-order valence-corrected chi connectivity index (χ0v) is 25.1. The van der Waals surface area contributed by atoms with Crippen molar-refractivity contribution in [2.75, 3.05) is 43.8 Å². The molecule has 0 spiro atoms. The predicted octanol–water partition coefficient (Wildman–Crippen LogP) is 4.77. The summed E-state index contributed by atoms with van der Waals surface area (Å²) in [6.45, 7) is 6.95. The van der Waals surface area contributed by atoms with Gasteiger partial charge in [0.1, 0.15) is 11.4 Å². The van der Waals surface area contributed by atoms with Gasteiger partial charge in [-0.15, -0.1) is 0 Å². The van der Waals surface area contributed by atoms with E-state index in [2.05, 4.69) is 10.2 Å². The second kappa shape index (κ2) is 10.9. The first-order valence-electron chi connectivity index (χ1n) is 13.6. The van der Waals surface area contributed by atoms with E-state index in [0.717, 1.165) is 24.6 Å². The SMILES string of the molecule is COc1cc2nc(Nc3ccc(S(C)(=O)=O)cc3)nc(N3CC[C@@H]4CC[C@H](C3)N4C(=O)OC(C)(C)C)c2cc1OC. The van der Waals surface area contributed by atoms with Gasteiger partial charge in [-0.3, -0.25) is 0 Å². The lowest BCUT2D eigenvalue weighted by Crippen LogP contribution is -2.45. The minimum atomic E-state index is -3.31. The number of nitrogens with zero attached hydrogens (tertiary/aromatic N) is 4. The van der Waals surface area contributed by atoms with E-state index in [4.69, 9.17) is 24.2 Å². The third-order valence-electron chi connectivity index (χ3n) is 7.41. The molecule has 2 aliphatic heterocycles. The van der Waals surface area contributed by atoms with Gasteiger partial charge in [0.15, 0.2) is 21.3 Å². The number of benzene rings is 2. The third-order valence-corrected chi connectivity index (χ3v) is 8.54. The minimum Gasteiger partial charge on any atom is -0.493 e. The molecule has 3 heterocycles. The Morgan fingerprint density at radius 3 is 2.27 bits per heavy atom. The van der Waals surface area contributed by atoms with Crippen molar-refractivity contribution in [3.63, 3.8) is 0 Å². The highest BCUT2D eigenvalue weighted by molar-refractivity contribution is 7.90. The average molecular weight is 584 g/mol. The summed E-state index contributed by atoms with van der Waals surface area (Å²) in [6.07, 6.45) is 3.52. The van der Waals surface area contributed by atoms with Gasteiger partial charge in [0.25, 0.3) is 0 Å². The first kappa shape index (κ1) is 28.7. The van der Waals surface area contributed by atoms with Gasteiger partial charge in [-0.1, -0.05) is 0 Å². The largest absolute Gasteiger partial charge is 0.493 e. The van der Waals surface area contributed by atoms with Crippen LogP contribution in [0.4, 0.5) is 22.2 Å². The molecule has 5 rings (SSSR count). The topological polar surface area (TPSA) is 123 Å². The average Bonchev–Trinajstić information content (AvgIpc) is 3.20. The highest BCUT2D eigenvalue weighted by atomic mass is 32.2. The number of rotatable bonds is 6. The number of amides is 1. The van der Waals surface area contributed by atoms with Crippen LogP contribution in [0.5, 0.6) is 11.5 Å². The lowest BCUT2D eigenvalue weighted by Gasteiger charge is -2.31. The van der Waals surface area contributed by atoms with Gasteiger partial charge >= 0.3 is 6.09 Å². The van der Waals surface area contributed by atoms with Gasteiger partial charge in [0, 0.05) is 42.5 Å². The molecule has 1 amide bonds. The maximum Gasteiger partial charge on any atom is 0.410 e. The van der Waals surface area contributed by atoms with Crippen molar-refractivity contribution >= 4 is 44.3 Å². The normalized spacial score (nSPS) is 19.2. The number of methoxy groups -OCH3 is 2. The molecule has 12 heteroatoms. The van der Waals surface area contributed by atoms with E-state index in [9.17, 15) is 13.2 Å². The van der Waals surface area contributed by atoms with Crippen molar-refractivity contribution in [3.8, 4) is 11.5 Å². The molecule has 2 saturated heterocycles. The number of nitrogens with one attached hydrogen (secondary N) is 1. The van der Waals surface area contributed by atoms with E-state index >= 15 is 0 Å². The standard InChI is InChI=1S/C29H37N5O6S/c1-29(2,3)40-28(35)34-19-9-10-20(34)17-33(14-13-19)26-22-15-24(38-4)25(39-5)16-23(22)31-27(32-26)30-18-7-11-21(12-8-18)41(6,36)37/h7-8,11-12,15-16,19-20H,9-10,13-14,17H2,1-6H3,(H,30,31,32)/t19-,20+/m0/s1. The lowest BCUT2D eigenvalue weighted by molar-refractivity contribution is 0.0163. The molecule has 2 bridgehead atoms. The molecule has 1 N–H and O–H groups in total. The minimum absolute atomic E-state index is 0.0116. The molecule has 41 heavy (non-hydrogen) atoms. The van der Waals surface area contributed by atoms with Crippen LogP contribution in [-0.4, -0.2) is 80.6 Å². The zero-order chi connectivity index (χ0) is 29.5. The maximum atomic E-state index is 13.2. The van der Waals surface area contributed by atoms with Crippen LogP contribution < -0.4 is 19.7 Å². The van der Waals surface area contributed by atoms with Crippen molar-refractivity contribution in [2.45, 2.75) is 62.6 Å². The summed E-state index contributed by atoms with van der Waals surface area (Å²) in [6, 6.07) is 10.2. The van der Waals surface area contributed by atoms with Crippen molar-refractivity contribution in [3.05, 3.63) is 36.4 Å². The number of hydrogen-bond donors (Lipinski definition) is 1. The Labute approximate surface area is 240 Å². The first-order chi connectivity index (χ1) is 19.4. The Kier molecular flexibility index (Phi) is 7.62. The van der Waals surface area contributed by atoms with Crippen LogP contribution in [0.3, 0.4) is 0 Å². The number of ether oxygens (including phenoxy) is 3. The van der Waals surface area contributed by atoms with Crippen LogP contribution in [0.15, 0.2) is 41.3 Å². The lowest BCUT2D eigenvalue weighted by atomic mass is 10.1. The van der Waals surface area contributed by atoms with Crippen LogP contribution >= 0.6 is 0 Å². The highest BCUT2D eigenvalue weighted by Crippen LogP contribution is 2.39. The molecule has 220 valence electrons. The number of anilines is 3.